The molecule has 2 N–H and O–H groups in total. The van der Waals surface area contributed by atoms with Gasteiger partial charge in [0.25, 0.3) is 0 Å². The van der Waals surface area contributed by atoms with E-state index in [0.29, 0.717) is 5.56 Å². The van der Waals surface area contributed by atoms with Gasteiger partial charge in [0.2, 0.25) is 5.91 Å². The highest BCUT2D eigenvalue weighted by Crippen LogP contribution is 2.17. The van der Waals surface area contributed by atoms with Crippen LogP contribution in [-0.4, -0.2) is 37.0 Å². The molecule has 0 spiro atoms. The van der Waals surface area contributed by atoms with E-state index in [2.05, 4.69) is 34.1 Å². The van der Waals surface area contributed by atoms with Gasteiger partial charge in [0.05, 0.1) is 0 Å². The van der Waals surface area contributed by atoms with Gasteiger partial charge < -0.3 is 10.6 Å². The molecule has 114 valence electrons. The molecule has 3 rings (SSSR count). The minimum atomic E-state index is -0.349. The van der Waals surface area contributed by atoms with Gasteiger partial charge in [-0.1, -0.05) is 36.4 Å². The molecule has 0 atom stereocenters. The van der Waals surface area contributed by atoms with Gasteiger partial charge in [-0.2, -0.15) is 0 Å². The standard InChI is InChI=1S/C18H21N3O/c19-18(22)17-9-5-4-6-15(17)14-20-10-12-21(13-11-20)16-7-2-1-3-8-16/h1-9H,10-14H2,(H2,19,22). The van der Waals surface area contributed by atoms with Crippen molar-refractivity contribution >= 4 is 11.6 Å². The van der Waals surface area contributed by atoms with Crippen LogP contribution in [0.1, 0.15) is 15.9 Å². The van der Waals surface area contributed by atoms with Crippen molar-refractivity contribution in [3.63, 3.8) is 0 Å². The summed E-state index contributed by atoms with van der Waals surface area (Å²) < 4.78 is 0. The van der Waals surface area contributed by atoms with Crippen LogP contribution in [0.4, 0.5) is 5.69 Å². The molecule has 2 aromatic carbocycles. The van der Waals surface area contributed by atoms with Crippen molar-refractivity contribution in [1.82, 2.24) is 4.90 Å². The molecule has 4 nitrogen and oxygen atoms in total. The van der Waals surface area contributed by atoms with Crippen LogP contribution in [0.25, 0.3) is 0 Å². The fourth-order valence-corrected chi connectivity index (χ4v) is 2.94. The van der Waals surface area contributed by atoms with Crippen LogP contribution in [0.15, 0.2) is 54.6 Å². The maximum absolute atomic E-state index is 11.5. The SMILES string of the molecule is NC(=O)c1ccccc1CN1CCN(c2ccccc2)CC1. The second-order valence-electron chi connectivity index (χ2n) is 5.62. The van der Waals surface area contributed by atoms with Crippen LogP contribution >= 0.6 is 0 Å². The predicted octanol–water partition coefficient (Wildman–Crippen LogP) is 2.11. The lowest BCUT2D eigenvalue weighted by Gasteiger charge is -2.36. The number of piperazine rings is 1. The molecule has 2 aromatic rings. The average molecular weight is 295 g/mol. The first kappa shape index (κ1) is 14.6. The van der Waals surface area contributed by atoms with Gasteiger partial charge in [-0.25, -0.2) is 0 Å². The van der Waals surface area contributed by atoms with Gasteiger partial charge in [-0.05, 0) is 23.8 Å². The molecule has 0 aromatic heterocycles. The topological polar surface area (TPSA) is 49.6 Å². The highest BCUT2D eigenvalue weighted by atomic mass is 16.1. The Morgan fingerprint density at radius 3 is 2.23 bits per heavy atom. The number of anilines is 1. The van der Waals surface area contributed by atoms with Crippen molar-refractivity contribution in [1.29, 1.82) is 0 Å². The Bertz CT molecular complexity index is 634. The zero-order valence-corrected chi connectivity index (χ0v) is 12.6. The van der Waals surface area contributed by atoms with E-state index in [1.807, 2.05) is 24.3 Å². The van der Waals surface area contributed by atoms with Crippen molar-refractivity contribution in [3.8, 4) is 0 Å². The number of hydrogen-bond donors (Lipinski definition) is 1. The molecule has 0 aliphatic carbocycles. The molecule has 1 fully saturated rings. The lowest BCUT2D eigenvalue weighted by atomic mass is 10.1. The molecular formula is C18H21N3O. The lowest BCUT2D eigenvalue weighted by Crippen LogP contribution is -2.46. The largest absolute Gasteiger partial charge is 0.369 e. The van der Waals surface area contributed by atoms with Crippen molar-refractivity contribution in [2.45, 2.75) is 6.54 Å². The van der Waals surface area contributed by atoms with Gasteiger partial charge in [-0.15, -0.1) is 0 Å². The first-order valence-corrected chi connectivity index (χ1v) is 7.64. The molecule has 1 amide bonds. The first-order chi connectivity index (χ1) is 10.7. The predicted molar refractivity (Wildman–Crippen MR) is 88.9 cm³/mol. The fraction of sp³-hybridized carbons (Fsp3) is 0.278. The second kappa shape index (κ2) is 6.62. The van der Waals surface area contributed by atoms with E-state index >= 15 is 0 Å². The zero-order valence-electron chi connectivity index (χ0n) is 12.6. The van der Waals surface area contributed by atoms with E-state index < -0.39 is 0 Å². The van der Waals surface area contributed by atoms with E-state index in [1.54, 1.807) is 6.07 Å². The number of carbonyl (C=O) groups excluding carboxylic acids is 1. The third-order valence-electron chi connectivity index (χ3n) is 4.17. The van der Waals surface area contributed by atoms with E-state index in [1.165, 1.54) is 5.69 Å². The van der Waals surface area contributed by atoms with Crippen molar-refractivity contribution in [2.75, 3.05) is 31.1 Å². The number of primary amides is 1. The summed E-state index contributed by atoms with van der Waals surface area (Å²) >= 11 is 0. The first-order valence-electron chi connectivity index (χ1n) is 7.64. The maximum atomic E-state index is 11.5. The summed E-state index contributed by atoms with van der Waals surface area (Å²) in [6, 6.07) is 18.1. The van der Waals surface area contributed by atoms with Crippen LogP contribution in [0.2, 0.25) is 0 Å². The third-order valence-corrected chi connectivity index (χ3v) is 4.17. The van der Waals surface area contributed by atoms with E-state index in [-0.39, 0.29) is 5.91 Å². The van der Waals surface area contributed by atoms with Crippen LogP contribution in [0.3, 0.4) is 0 Å². The van der Waals surface area contributed by atoms with Crippen LogP contribution in [0.5, 0.6) is 0 Å². The molecule has 0 saturated carbocycles. The van der Waals surface area contributed by atoms with Gasteiger partial charge in [0.1, 0.15) is 0 Å². The molecule has 4 heteroatoms. The summed E-state index contributed by atoms with van der Waals surface area (Å²) in [6.07, 6.45) is 0. The number of carbonyl (C=O) groups is 1. The summed E-state index contributed by atoms with van der Waals surface area (Å²) in [5, 5.41) is 0. The van der Waals surface area contributed by atoms with Gasteiger partial charge in [0.15, 0.2) is 0 Å². The van der Waals surface area contributed by atoms with Crippen molar-refractivity contribution in [3.05, 3.63) is 65.7 Å². The van der Waals surface area contributed by atoms with Gasteiger partial charge in [0, 0.05) is 44.0 Å². The molecule has 0 radical (unpaired) electrons. The molecular weight excluding hydrogens is 274 g/mol. The zero-order chi connectivity index (χ0) is 15.4. The van der Waals surface area contributed by atoms with Crippen LogP contribution < -0.4 is 10.6 Å². The molecule has 1 saturated heterocycles. The van der Waals surface area contributed by atoms with Crippen molar-refractivity contribution < 1.29 is 4.79 Å². The Kier molecular flexibility index (Phi) is 4.39. The molecule has 0 unspecified atom stereocenters. The van der Waals surface area contributed by atoms with Gasteiger partial charge in [-0.3, -0.25) is 9.69 Å². The Hall–Kier alpha value is -2.33. The van der Waals surface area contributed by atoms with Gasteiger partial charge >= 0.3 is 0 Å². The van der Waals surface area contributed by atoms with Crippen molar-refractivity contribution in [2.24, 2.45) is 5.73 Å². The fourth-order valence-electron chi connectivity index (χ4n) is 2.94. The summed E-state index contributed by atoms with van der Waals surface area (Å²) in [6.45, 7) is 4.76. The molecule has 1 aliphatic rings. The molecule has 1 aliphatic heterocycles. The third kappa shape index (κ3) is 3.28. The average Bonchev–Trinajstić information content (AvgIpc) is 2.57. The Labute approximate surface area is 131 Å². The van der Waals surface area contributed by atoms with Crippen LogP contribution in [-0.2, 0) is 6.54 Å². The number of nitrogens with zero attached hydrogens (tertiary/aromatic N) is 2. The Balaban J connectivity index is 1.62. The normalized spacial score (nSPS) is 15.7. The summed E-state index contributed by atoms with van der Waals surface area (Å²) in [5.74, 6) is -0.349. The van der Waals surface area contributed by atoms with E-state index in [9.17, 15) is 4.79 Å². The van der Waals surface area contributed by atoms with E-state index in [0.717, 1.165) is 38.3 Å². The van der Waals surface area contributed by atoms with Crippen LogP contribution in [0, 0.1) is 0 Å². The number of para-hydroxylation sites is 1. The number of benzene rings is 2. The molecule has 22 heavy (non-hydrogen) atoms. The van der Waals surface area contributed by atoms with E-state index in [4.69, 9.17) is 5.73 Å². The highest BCUT2D eigenvalue weighted by Gasteiger charge is 2.18. The molecule has 1 heterocycles. The number of hydrogen-bond acceptors (Lipinski definition) is 3. The summed E-state index contributed by atoms with van der Waals surface area (Å²) in [4.78, 5) is 16.3. The summed E-state index contributed by atoms with van der Waals surface area (Å²) in [5.41, 5.74) is 8.38. The smallest absolute Gasteiger partial charge is 0.249 e. The second-order valence-corrected chi connectivity index (χ2v) is 5.62. The Morgan fingerprint density at radius 1 is 0.909 bits per heavy atom. The number of rotatable bonds is 4. The monoisotopic (exact) mass is 295 g/mol. The number of nitrogens with two attached hydrogens (primary N) is 1. The minimum Gasteiger partial charge on any atom is -0.369 e. The lowest BCUT2D eigenvalue weighted by molar-refractivity contribution is 0.0998. The Morgan fingerprint density at radius 2 is 1.55 bits per heavy atom. The summed E-state index contributed by atoms with van der Waals surface area (Å²) in [7, 11) is 0. The molecule has 0 bridgehead atoms. The maximum Gasteiger partial charge on any atom is 0.249 e. The minimum absolute atomic E-state index is 0.349. The number of amides is 1. The quantitative estimate of drug-likeness (QED) is 0.940. The highest BCUT2D eigenvalue weighted by molar-refractivity contribution is 5.94.